The van der Waals surface area contributed by atoms with Crippen LogP contribution in [0, 0.1) is 6.92 Å². The van der Waals surface area contributed by atoms with Gasteiger partial charge in [0, 0.05) is 6.42 Å². The summed E-state index contributed by atoms with van der Waals surface area (Å²) in [5.41, 5.74) is 1.36. The summed E-state index contributed by atoms with van der Waals surface area (Å²) >= 11 is 0. The van der Waals surface area contributed by atoms with Gasteiger partial charge < -0.3 is 5.11 Å². The maximum atomic E-state index is 10.3. The van der Waals surface area contributed by atoms with Gasteiger partial charge in [-0.3, -0.25) is 4.79 Å². The molecule has 2 nitrogen and oxygen atoms in total. The van der Waals surface area contributed by atoms with E-state index in [4.69, 9.17) is 5.11 Å². The Hall–Kier alpha value is -0.790. The van der Waals surface area contributed by atoms with Crippen molar-refractivity contribution in [2.45, 2.75) is 70.6 Å². The first kappa shape index (κ1) is 16.2. The Morgan fingerprint density at radius 3 is 1.82 bits per heavy atom. The van der Waals surface area contributed by atoms with Gasteiger partial charge in [-0.05, 0) is 32.1 Å². The summed E-state index contributed by atoms with van der Waals surface area (Å²) in [6.45, 7) is 7.89. The molecule has 0 aliphatic heterocycles. The highest BCUT2D eigenvalue weighted by atomic mass is 16.4. The lowest BCUT2D eigenvalue weighted by atomic mass is 10.0. The van der Waals surface area contributed by atoms with E-state index in [9.17, 15) is 4.79 Å². The van der Waals surface area contributed by atoms with Crippen molar-refractivity contribution in [2.75, 3.05) is 0 Å². The summed E-state index contributed by atoms with van der Waals surface area (Å²) in [7, 11) is 0. The van der Waals surface area contributed by atoms with Gasteiger partial charge in [0.05, 0.1) is 0 Å². The lowest BCUT2D eigenvalue weighted by Gasteiger charge is -2.04. The van der Waals surface area contributed by atoms with Crippen molar-refractivity contribution in [1.29, 1.82) is 0 Å². The van der Waals surface area contributed by atoms with Crippen molar-refractivity contribution in [1.82, 2.24) is 0 Å². The first-order chi connectivity index (χ1) is 8.16. The first-order valence-electron chi connectivity index (χ1n) is 6.84. The molecule has 0 atom stereocenters. The Kier molecular flexibility index (Phi) is 11.1. The van der Waals surface area contributed by atoms with Gasteiger partial charge in [-0.15, -0.1) is 0 Å². The zero-order valence-corrected chi connectivity index (χ0v) is 11.0. The first-order valence-corrected chi connectivity index (χ1v) is 6.84. The monoisotopic (exact) mass is 239 g/mol. The third-order valence-corrected chi connectivity index (χ3v) is 2.95. The average Bonchev–Trinajstić information content (AvgIpc) is 2.29. The quantitative estimate of drug-likeness (QED) is 0.394. The second kappa shape index (κ2) is 11.7. The van der Waals surface area contributed by atoms with E-state index in [1.54, 1.807) is 0 Å². The molecular formula is C15H27O2. The van der Waals surface area contributed by atoms with E-state index in [-0.39, 0.29) is 0 Å². The molecule has 0 aromatic heterocycles. The van der Waals surface area contributed by atoms with Crippen LogP contribution in [0.4, 0.5) is 0 Å². The third kappa shape index (κ3) is 13.1. The van der Waals surface area contributed by atoms with E-state index in [2.05, 4.69) is 13.5 Å². The molecule has 99 valence electrons. The summed E-state index contributed by atoms with van der Waals surface area (Å²) in [5.74, 6) is -0.674. The van der Waals surface area contributed by atoms with Crippen LogP contribution in [0.15, 0.2) is 12.2 Å². The van der Waals surface area contributed by atoms with Crippen LogP contribution < -0.4 is 0 Å². The molecule has 1 N–H and O–H groups in total. The minimum absolute atomic E-state index is 0.321. The zero-order valence-electron chi connectivity index (χ0n) is 11.0. The molecule has 0 saturated carbocycles. The van der Waals surface area contributed by atoms with Gasteiger partial charge in [0.15, 0.2) is 0 Å². The van der Waals surface area contributed by atoms with E-state index >= 15 is 0 Å². The van der Waals surface area contributed by atoms with Gasteiger partial charge in [-0.1, -0.05) is 51.2 Å². The predicted octanol–water partition coefficient (Wildman–Crippen LogP) is 4.75. The number of carboxylic acid groups (broad SMARTS) is 1. The third-order valence-electron chi connectivity index (χ3n) is 2.95. The molecule has 0 spiro atoms. The number of carboxylic acids is 1. The zero-order chi connectivity index (χ0) is 12.9. The largest absolute Gasteiger partial charge is 0.481 e. The van der Waals surface area contributed by atoms with E-state index < -0.39 is 5.97 Å². The Labute approximate surface area is 106 Å². The van der Waals surface area contributed by atoms with Crippen molar-refractivity contribution in [3.05, 3.63) is 19.1 Å². The van der Waals surface area contributed by atoms with E-state index in [0.29, 0.717) is 6.42 Å². The highest BCUT2D eigenvalue weighted by Crippen LogP contribution is 2.15. The molecular weight excluding hydrogens is 212 g/mol. The average molecular weight is 239 g/mol. The molecule has 0 heterocycles. The number of carbonyl (C=O) groups is 1. The molecule has 0 aromatic rings. The van der Waals surface area contributed by atoms with Crippen molar-refractivity contribution >= 4 is 5.97 Å². The normalized spacial score (nSPS) is 10.4. The van der Waals surface area contributed by atoms with Gasteiger partial charge in [-0.2, -0.15) is 0 Å². The van der Waals surface area contributed by atoms with Gasteiger partial charge in [-0.25, -0.2) is 0 Å². The highest BCUT2D eigenvalue weighted by molar-refractivity contribution is 5.66. The maximum absolute atomic E-state index is 10.3. The molecule has 0 saturated heterocycles. The number of unbranched alkanes of at least 4 members (excludes halogenated alkanes) is 6. The van der Waals surface area contributed by atoms with Crippen molar-refractivity contribution in [3.63, 3.8) is 0 Å². The van der Waals surface area contributed by atoms with Crippen LogP contribution in [0.5, 0.6) is 0 Å². The molecule has 0 aliphatic rings. The SMILES string of the molecule is [CH2]CCCC(=C)CCCCCCCCC(=O)O. The molecule has 17 heavy (non-hydrogen) atoms. The highest BCUT2D eigenvalue weighted by Gasteiger charge is 1.97. The van der Waals surface area contributed by atoms with Crippen molar-refractivity contribution in [3.8, 4) is 0 Å². The molecule has 0 fully saturated rings. The molecule has 2 heteroatoms. The minimum Gasteiger partial charge on any atom is -0.481 e. The summed E-state index contributed by atoms with van der Waals surface area (Å²) in [6, 6.07) is 0. The van der Waals surface area contributed by atoms with Gasteiger partial charge in [0.2, 0.25) is 0 Å². The number of rotatable bonds is 12. The fraction of sp³-hybridized carbons (Fsp3) is 0.733. The Morgan fingerprint density at radius 1 is 0.824 bits per heavy atom. The number of hydrogen-bond donors (Lipinski definition) is 1. The molecule has 0 bridgehead atoms. The molecule has 0 aliphatic carbocycles. The van der Waals surface area contributed by atoms with Crippen LogP contribution in [0.3, 0.4) is 0 Å². The van der Waals surface area contributed by atoms with E-state index in [0.717, 1.165) is 38.5 Å². The lowest BCUT2D eigenvalue weighted by molar-refractivity contribution is -0.137. The van der Waals surface area contributed by atoms with Crippen LogP contribution in [0.2, 0.25) is 0 Å². The van der Waals surface area contributed by atoms with Gasteiger partial charge in [0.1, 0.15) is 0 Å². The van der Waals surface area contributed by atoms with Crippen molar-refractivity contribution in [2.24, 2.45) is 0 Å². The summed E-state index contributed by atoms with van der Waals surface area (Å²) in [4.78, 5) is 10.3. The van der Waals surface area contributed by atoms with Crippen LogP contribution in [-0.4, -0.2) is 11.1 Å². The minimum atomic E-state index is -0.674. The number of hydrogen-bond acceptors (Lipinski definition) is 1. The van der Waals surface area contributed by atoms with Gasteiger partial charge >= 0.3 is 5.97 Å². The van der Waals surface area contributed by atoms with Gasteiger partial charge in [0.25, 0.3) is 0 Å². The number of allylic oxidation sites excluding steroid dienone is 1. The summed E-state index contributed by atoms with van der Waals surface area (Å²) < 4.78 is 0. The summed E-state index contributed by atoms with van der Waals surface area (Å²) in [6.07, 6.45) is 11.5. The maximum Gasteiger partial charge on any atom is 0.303 e. The predicted molar refractivity (Wildman–Crippen MR) is 72.9 cm³/mol. The molecule has 0 rings (SSSR count). The van der Waals surface area contributed by atoms with Crippen molar-refractivity contribution < 1.29 is 9.90 Å². The topological polar surface area (TPSA) is 37.3 Å². The van der Waals surface area contributed by atoms with Crippen LogP contribution in [-0.2, 0) is 4.79 Å². The molecule has 0 unspecified atom stereocenters. The van der Waals surface area contributed by atoms with Crippen LogP contribution in [0.1, 0.15) is 70.6 Å². The molecule has 1 radical (unpaired) electrons. The Balaban J connectivity index is 3.12. The van der Waals surface area contributed by atoms with Crippen LogP contribution >= 0.6 is 0 Å². The molecule has 0 aromatic carbocycles. The second-order valence-corrected chi connectivity index (χ2v) is 4.72. The summed E-state index contributed by atoms with van der Waals surface area (Å²) in [5, 5.41) is 8.47. The smallest absolute Gasteiger partial charge is 0.303 e. The van der Waals surface area contributed by atoms with E-state index in [1.807, 2.05) is 0 Å². The fourth-order valence-electron chi connectivity index (χ4n) is 1.86. The standard InChI is InChI=1S/C15H27O2/c1-3-4-11-14(2)12-9-7-5-6-8-10-13-15(16)17/h1-13H2,(H,16,17). The van der Waals surface area contributed by atoms with E-state index in [1.165, 1.54) is 31.3 Å². The Bertz CT molecular complexity index is 209. The fourth-order valence-corrected chi connectivity index (χ4v) is 1.86. The Morgan fingerprint density at radius 2 is 1.29 bits per heavy atom. The second-order valence-electron chi connectivity index (χ2n) is 4.72. The number of aliphatic carboxylic acids is 1. The molecule has 0 amide bonds. The lowest BCUT2D eigenvalue weighted by Crippen LogP contribution is -1.93. The van der Waals surface area contributed by atoms with Crippen LogP contribution in [0.25, 0.3) is 0 Å².